The standard InChI is InChI=1S/C8H14N2O/c1-8(2,3)6-4-9-5-7(11)10-6/h5-6H,4H2,1-3H3,(H,10,11). The SMILES string of the molecule is CC(C)(C)C1CN=CC(=O)N1. The van der Waals surface area contributed by atoms with Crippen LogP contribution in [0.25, 0.3) is 0 Å². The Labute approximate surface area is 66.9 Å². The Morgan fingerprint density at radius 2 is 2.27 bits per heavy atom. The van der Waals surface area contributed by atoms with Crippen molar-refractivity contribution in [1.82, 2.24) is 5.32 Å². The van der Waals surface area contributed by atoms with Crippen molar-refractivity contribution in [1.29, 1.82) is 0 Å². The fraction of sp³-hybridized carbons (Fsp3) is 0.750. The van der Waals surface area contributed by atoms with Crippen molar-refractivity contribution in [2.24, 2.45) is 10.4 Å². The maximum Gasteiger partial charge on any atom is 0.262 e. The number of carbonyl (C=O) groups is 1. The Morgan fingerprint density at radius 1 is 1.64 bits per heavy atom. The molecule has 1 rings (SSSR count). The quantitative estimate of drug-likeness (QED) is 0.545. The number of hydrogen-bond acceptors (Lipinski definition) is 2. The largest absolute Gasteiger partial charge is 0.346 e. The number of hydrogen-bond donors (Lipinski definition) is 1. The topological polar surface area (TPSA) is 41.5 Å². The summed E-state index contributed by atoms with van der Waals surface area (Å²) in [5, 5.41) is 2.87. The number of nitrogens with zero attached hydrogens (tertiary/aromatic N) is 1. The summed E-state index contributed by atoms with van der Waals surface area (Å²) in [6.45, 7) is 6.99. The summed E-state index contributed by atoms with van der Waals surface area (Å²) in [4.78, 5) is 14.8. The highest BCUT2D eigenvalue weighted by Crippen LogP contribution is 2.20. The fourth-order valence-electron chi connectivity index (χ4n) is 0.986. The number of rotatable bonds is 0. The zero-order valence-corrected chi connectivity index (χ0v) is 7.22. The lowest BCUT2D eigenvalue weighted by Crippen LogP contribution is -2.48. The lowest BCUT2D eigenvalue weighted by atomic mass is 9.86. The Hall–Kier alpha value is -0.860. The summed E-state index contributed by atoms with van der Waals surface area (Å²) >= 11 is 0. The molecule has 1 aliphatic rings. The van der Waals surface area contributed by atoms with E-state index >= 15 is 0 Å². The number of aliphatic imine (C=N–C) groups is 1. The zero-order chi connectivity index (χ0) is 8.48. The molecule has 0 bridgehead atoms. The number of carbonyl (C=O) groups excluding carboxylic acids is 1. The van der Waals surface area contributed by atoms with E-state index in [1.807, 2.05) is 0 Å². The first-order chi connectivity index (χ1) is 5.00. The molecule has 3 nitrogen and oxygen atoms in total. The van der Waals surface area contributed by atoms with E-state index in [4.69, 9.17) is 0 Å². The zero-order valence-electron chi connectivity index (χ0n) is 7.22. The highest BCUT2D eigenvalue weighted by atomic mass is 16.1. The van der Waals surface area contributed by atoms with Crippen LogP contribution in [0.1, 0.15) is 20.8 Å². The van der Waals surface area contributed by atoms with Gasteiger partial charge in [-0.15, -0.1) is 0 Å². The van der Waals surface area contributed by atoms with Gasteiger partial charge in [0, 0.05) is 0 Å². The van der Waals surface area contributed by atoms with Gasteiger partial charge in [0.05, 0.1) is 18.8 Å². The van der Waals surface area contributed by atoms with Gasteiger partial charge >= 0.3 is 0 Å². The van der Waals surface area contributed by atoms with Gasteiger partial charge in [-0.25, -0.2) is 0 Å². The van der Waals surface area contributed by atoms with Gasteiger partial charge in [-0.3, -0.25) is 9.79 Å². The molecule has 1 N–H and O–H groups in total. The van der Waals surface area contributed by atoms with Crippen LogP contribution in [0, 0.1) is 5.41 Å². The molecule has 62 valence electrons. The van der Waals surface area contributed by atoms with Gasteiger partial charge < -0.3 is 5.32 Å². The molecule has 1 amide bonds. The normalized spacial score (nSPS) is 25.0. The van der Waals surface area contributed by atoms with E-state index in [9.17, 15) is 4.79 Å². The minimum atomic E-state index is -0.0730. The molecule has 0 radical (unpaired) electrons. The van der Waals surface area contributed by atoms with Gasteiger partial charge in [-0.2, -0.15) is 0 Å². The van der Waals surface area contributed by atoms with E-state index in [0.717, 1.165) is 0 Å². The molecule has 1 atom stereocenters. The van der Waals surface area contributed by atoms with Gasteiger partial charge in [-0.05, 0) is 5.41 Å². The summed E-state index contributed by atoms with van der Waals surface area (Å²) in [6, 6.07) is 0.181. The van der Waals surface area contributed by atoms with Crippen molar-refractivity contribution in [3.63, 3.8) is 0 Å². The Morgan fingerprint density at radius 3 is 2.64 bits per heavy atom. The minimum absolute atomic E-state index is 0.0730. The highest BCUT2D eigenvalue weighted by Gasteiger charge is 2.27. The maximum atomic E-state index is 10.9. The second kappa shape index (κ2) is 2.64. The van der Waals surface area contributed by atoms with Gasteiger partial charge in [0.1, 0.15) is 0 Å². The summed E-state index contributed by atoms with van der Waals surface area (Å²) < 4.78 is 0. The molecule has 0 spiro atoms. The monoisotopic (exact) mass is 154 g/mol. The van der Waals surface area contributed by atoms with E-state index in [-0.39, 0.29) is 17.4 Å². The first-order valence-corrected chi connectivity index (χ1v) is 3.80. The smallest absolute Gasteiger partial charge is 0.262 e. The molecular weight excluding hydrogens is 140 g/mol. The van der Waals surface area contributed by atoms with Crippen LogP contribution in [0.5, 0.6) is 0 Å². The van der Waals surface area contributed by atoms with Crippen LogP contribution in [0.15, 0.2) is 4.99 Å². The van der Waals surface area contributed by atoms with Crippen molar-refractivity contribution in [2.75, 3.05) is 6.54 Å². The summed E-state index contributed by atoms with van der Waals surface area (Å²) in [5.74, 6) is -0.0730. The predicted octanol–water partition coefficient (Wildman–Crippen LogP) is 0.602. The Balaban J connectivity index is 2.64. The van der Waals surface area contributed by atoms with E-state index in [1.54, 1.807) is 0 Å². The molecule has 0 aliphatic carbocycles. The van der Waals surface area contributed by atoms with Crippen molar-refractivity contribution in [2.45, 2.75) is 26.8 Å². The Bertz CT molecular complexity index is 191. The van der Waals surface area contributed by atoms with Crippen LogP contribution in [0.4, 0.5) is 0 Å². The third-order valence-electron chi connectivity index (χ3n) is 1.86. The summed E-state index contributed by atoms with van der Waals surface area (Å²) in [7, 11) is 0. The average molecular weight is 154 g/mol. The molecule has 3 heteroatoms. The van der Waals surface area contributed by atoms with Gasteiger partial charge in [0.25, 0.3) is 5.91 Å². The van der Waals surface area contributed by atoms with Crippen LogP contribution < -0.4 is 5.32 Å². The second-order valence-electron chi connectivity index (χ2n) is 3.92. The van der Waals surface area contributed by atoms with Gasteiger partial charge in [0.15, 0.2) is 0 Å². The molecule has 0 aromatic rings. The summed E-state index contributed by atoms with van der Waals surface area (Å²) in [6.07, 6.45) is 1.35. The predicted molar refractivity (Wildman–Crippen MR) is 44.7 cm³/mol. The third-order valence-corrected chi connectivity index (χ3v) is 1.86. The minimum Gasteiger partial charge on any atom is -0.346 e. The van der Waals surface area contributed by atoms with Gasteiger partial charge in [-0.1, -0.05) is 20.8 Å². The molecule has 1 heterocycles. The average Bonchev–Trinajstić information content (AvgIpc) is 1.86. The van der Waals surface area contributed by atoms with Crippen molar-refractivity contribution < 1.29 is 4.79 Å². The third kappa shape index (κ3) is 2.03. The van der Waals surface area contributed by atoms with Crippen LogP contribution >= 0.6 is 0 Å². The van der Waals surface area contributed by atoms with Crippen LogP contribution in [-0.4, -0.2) is 24.7 Å². The molecule has 11 heavy (non-hydrogen) atoms. The molecule has 0 saturated carbocycles. The Kier molecular flexibility index (Phi) is 1.98. The molecule has 1 aliphatic heterocycles. The first kappa shape index (κ1) is 8.24. The fourth-order valence-corrected chi connectivity index (χ4v) is 0.986. The molecule has 0 saturated heterocycles. The maximum absolute atomic E-state index is 10.9. The van der Waals surface area contributed by atoms with E-state index < -0.39 is 0 Å². The summed E-state index contributed by atoms with van der Waals surface area (Å²) in [5.41, 5.74) is 0.105. The van der Waals surface area contributed by atoms with E-state index in [1.165, 1.54) is 6.21 Å². The van der Waals surface area contributed by atoms with E-state index in [0.29, 0.717) is 6.54 Å². The molecule has 0 fully saturated rings. The molecule has 0 aromatic heterocycles. The first-order valence-electron chi connectivity index (χ1n) is 3.80. The lowest BCUT2D eigenvalue weighted by Gasteiger charge is -2.31. The number of amides is 1. The molecule has 0 aromatic carbocycles. The highest BCUT2D eigenvalue weighted by molar-refractivity contribution is 6.26. The van der Waals surface area contributed by atoms with Gasteiger partial charge in [0.2, 0.25) is 0 Å². The van der Waals surface area contributed by atoms with Crippen LogP contribution in [0.2, 0.25) is 0 Å². The molecular formula is C8H14N2O. The van der Waals surface area contributed by atoms with Crippen molar-refractivity contribution >= 4 is 12.1 Å². The number of nitrogens with one attached hydrogen (secondary N) is 1. The second-order valence-corrected chi connectivity index (χ2v) is 3.92. The van der Waals surface area contributed by atoms with Crippen molar-refractivity contribution in [3.05, 3.63) is 0 Å². The van der Waals surface area contributed by atoms with E-state index in [2.05, 4.69) is 31.1 Å². The molecule has 1 unspecified atom stereocenters. The van der Waals surface area contributed by atoms with Crippen LogP contribution in [0.3, 0.4) is 0 Å². The van der Waals surface area contributed by atoms with Crippen LogP contribution in [-0.2, 0) is 4.79 Å². The lowest BCUT2D eigenvalue weighted by molar-refractivity contribution is -0.116. The van der Waals surface area contributed by atoms with Crippen molar-refractivity contribution in [3.8, 4) is 0 Å².